The Kier molecular flexibility index (Phi) is 5.41. The zero-order valence-electron chi connectivity index (χ0n) is 18.1. The van der Waals surface area contributed by atoms with Crippen LogP contribution in [0.3, 0.4) is 0 Å². The summed E-state index contributed by atoms with van der Waals surface area (Å²) in [6.07, 6.45) is 2.12. The van der Waals surface area contributed by atoms with Crippen LogP contribution in [0.2, 0.25) is 0 Å². The Hall–Kier alpha value is -3.60. The maximum atomic E-state index is 12.0. The molecule has 2 aromatic carbocycles. The third-order valence-corrected chi connectivity index (χ3v) is 6.43. The van der Waals surface area contributed by atoms with Crippen molar-refractivity contribution in [3.63, 3.8) is 0 Å². The van der Waals surface area contributed by atoms with Crippen LogP contribution in [0, 0.1) is 0 Å². The molecule has 1 aliphatic heterocycles. The number of carbonyl (C=O) groups is 1. The predicted molar refractivity (Wildman–Crippen MR) is 127 cm³/mol. The molecule has 0 spiro atoms. The second-order valence-corrected chi connectivity index (χ2v) is 8.99. The van der Waals surface area contributed by atoms with Crippen LogP contribution in [-0.2, 0) is 29.0 Å². The second-order valence-electron chi connectivity index (χ2n) is 7.91. The van der Waals surface area contributed by atoms with Gasteiger partial charge in [0.25, 0.3) is 0 Å². The van der Waals surface area contributed by atoms with E-state index in [-0.39, 0.29) is 5.91 Å². The van der Waals surface area contributed by atoms with Gasteiger partial charge in [-0.2, -0.15) is 4.31 Å². The van der Waals surface area contributed by atoms with Gasteiger partial charge in [0.2, 0.25) is 23.1 Å². The van der Waals surface area contributed by atoms with Crippen molar-refractivity contribution in [2.45, 2.75) is 13.0 Å². The quantitative estimate of drug-likeness (QED) is 0.427. The van der Waals surface area contributed by atoms with Crippen molar-refractivity contribution >= 4 is 40.0 Å². The van der Waals surface area contributed by atoms with Crippen LogP contribution in [0.4, 0.5) is 17.3 Å². The molecule has 33 heavy (non-hydrogen) atoms. The highest BCUT2D eigenvalue weighted by Gasteiger charge is 2.24. The number of hydrogen-bond acceptors (Lipinski definition) is 5. The molecule has 0 bridgehead atoms. The standard InChI is InChI=1S/C23H22N6O3S/c1-27(33(31)32)14-15-5-3-4-6-19(15)21-10-8-18-13-24-23(26-29(18)21)25-17-7-9-20-16(11-17)12-22(30)28(20)2/h3-11,13H,12,14H2,1-2H3,(H,25,26)(H,31,32). The molecule has 9 nitrogen and oxygen atoms in total. The molecule has 1 atom stereocenters. The molecule has 0 radical (unpaired) electrons. The predicted octanol–water partition coefficient (Wildman–Crippen LogP) is 3.23. The number of nitrogens with one attached hydrogen (secondary N) is 1. The number of rotatable bonds is 6. The molecule has 2 aromatic heterocycles. The van der Waals surface area contributed by atoms with Gasteiger partial charge < -0.3 is 10.2 Å². The van der Waals surface area contributed by atoms with Gasteiger partial charge in [-0.1, -0.05) is 24.3 Å². The van der Waals surface area contributed by atoms with Crippen molar-refractivity contribution in [1.29, 1.82) is 0 Å². The number of anilines is 3. The van der Waals surface area contributed by atoms with Gasteiger partial charge in [0, 0.05) is 37.6 Å². The first-order valence-electron chi connectivity index (χ1n) is 10.3. The number of nitrogens with zero attached hydrogens (tertiary/aromatic N) is 5. The first-order valence-corrected chi connectivity index (χ1v) is 11.4. The van der Waals surface area contributed by atoms with E-state index in [4.69, 9.17) is 0 Å². The average molecular weight is 463 g/mol. The van der Waals surface area contributed by atoms with E-state index in [1.54, 1.807) is 29.7 Å². The van der Waals surface area contributed by atoms with Gasteiger partial charge in [-0.15, -0.1) is 5.10 Å². The SMILES string of the molecule is CN1C(=O)Cc2cc(Nc3ncc4ccc(-c5ccccc5CN(C)S(=O)O)n4n3)ccc21. The third kappa shape index (κ3) is 3.99. The molecule has 1 amide bonds. The Labute approximate surface area is 193 Å². The van der Waals surface area contributed by atoms with E-state index in [2.05, 4.69) is 15.4 Å². The number of hydrogen-bond donors (Lipinski definition) is 2. The summed E-state index contributed by atoms with van der Waals surface area (Å²) in [5.74, 6) is 0.495. The number of benzene rings is 2. The number of fused-ring (bicyclic) bond motifs is 2. The van der Waals surface area contributed by atoms with Crippen LogP contribution in [-0.4, -0.2) is 47.7 Å². The smallest absolute Gasteiger partial charge is 0.245 e. The van der Waals surface area contributed by atoms with Gasteiger partial charge in [0.05, 0.1) is 23.8 Å². The zero-order chi connectivity index (χ0) is 23.1. The Balaban J connectivity index is 1.48. The number of amides is 1. The monoisotopic (exact) mass is 462 g/mol. The molecule has 1 unspecified atom stereocenters. The summed E-state index contributed by atoms with van der Waals surface area (Å²) in [6.45, 7) is 0.311. The summed E-state index contributed by atoms with van der Waals surface area (Å²) in [5, 5.41) is 7.91. The van der Waals surface area contributed by atoms with Crippen molar-refractivity contribution in [2.75, 3.05) is 24.3 Å². The molecule has 0 aliphatic carbocycles. The Morgan fingerprint density at radius 3 is 2.82 bits per heavy atom. The molecule has 1 aliphatic rings. The van der Waals surface area contributed by atoms with E-state index in [1.807, 2.05) is 54.6 Å². The molecule has 10 heteroatoms. The van der Waals surface area contributed by atoms with E-state index >= 15 is 0 Å². The minimum Gasteiger partial charge on any atom is -0.323 e. The first-order chi connectivity index (χ1) is 15.9. The van der Waals surface area contributed by atoms with E-state index in [1.165, 1.54) is 4.31 Å². The lowest BCUT2D eigenvalue weighted by molar-refractivity contribution is -0.117. The number of aromatic nitrogens is 3. The van der Waals surface area contributed by atoms with Crippen LogP contribution in [0.5, 0.6) is 0 Å². The summed E-state index contributed by atoms with van der Waals surface area (Å²) < 4.78 is 24.0. The molecule has 0 saturated heterocycles. The largest absolute Gasteiger partial charge is 0.323 e. The molecule has 168 valence electrons. The Morgan fingerprint density at radius 1 is 1.18 bits per heavy atom. The lowest BCUT2D eigenvalue weighted by Crippen LogP contribution is -2.20. The fourth-order valence-corrected chi connectivity index (χ4v) is 4.29. The van der Waals surface area contributed by atoms with E-state index in [9.17, 15) is 13.6 Å². The molecule has 0 saturated carbocycles. The minimum absolute atomic E-state index is 0.0751. The lowest BCUT2D eigenvalue weighted by Gasteiger charge is -2.15. The summed E-state index contributed by atoms with van der Waals surface area (Å²) >= 11 is -2.06. The minimum atomic E-state index is -2.06. The topological polar surface area (TPSA) is 103 Å². The van der Waals surface area contributed by atoms with Gasteiger partial charge in [0.15, 0.2) is 0 Å². The van der Waals surface area contributed by atoms with E-state index in [0.717, 1.165) is 39.3 Å². The highest BCUT2D eigenvalue weighted by atomic mass is 32.2. The maximum Gasteiger partial charge on any atom is 0.245 e. The molecular weight excluding hydrogens is 440 g/mol. The highest BCUT2D eigenvalue weighted by molar-refractivity contribution is 7.76. The van der Waals surface area contributed by atoms with E-state index < -0.39 is 11.3 Å². The van der Waals surface area contributed by atoms with E-state index in [0.29, 0.717) is 18.9 Å². The maximum absolute atomic E-state index is 12.0. The first kappa shape index (κ1) is 21.3. The summed E-state index contributed by atoms with van der Waals surface area (Å²) in [5.41, 5.74) is 6.18. The summed E-state index contributed by atoms with van der Waals surface area (Å²) in [4.78, 5) is 18.1. The fraction of sp³-hybridized carbons (Fsp3) is 0.174. The van der Waals surface area contributed by atoms with Crippen LogP contribution in [0.15, 0.2) is 60.8 Å². The molecule has 3 heterocycles. The highest BCUT2D eigenvalue weighted by Crippen LogP contribution is 2.31. The summed E-state index contributed by atoms with van der Waals surface area (Å²) in [6, 6.07) is 17.4. The lowest BCUT2D eigenvalue weighted by atomic mass is 10.0. The molecule has 4 aromatic rings. The van der Waals surface area contributed by atoms with Gasteiger partial charge in [-0.3, -0.25) is 9.35 Å². The second kappa shape index (κ2) is 8.39. The van der Waals surface area contributed by atoms with Gasteiger partial charge >= 0.3 is 0 Å². The van der Waals surface area contributed by atoms with Crippen molar-refractivity contribution in [3.8, 4) is 11.3 Å². The average Bonchev–Trinajstić information content (AvgIpc) is 3.34. The Bertz CT molecular complexity index is 1400. The number of carbonyl (C=O) groups excluding carboxylic acids is 1. The number of likely N-dealkylation sites (N-methyl/N-ethyl adjacent to an activating group) is 1. The molecule has 5 rings (SSSR count). The zero-order valence-corrected chi connectivity index (χ0v) is 18.9. The van der Waals surface area contributed by atoms with Crippen molar-refractivity contribution < 1.29 is 13.6 Å². The van der Waals surface area contributed by atoms with Crippen molar-refractivity contribution in [1.82, 2.24) is 18.9 Å². The molecular formula is C23H22N6O3S. The van der Waals surface area contributed by atoms with Crippen LogP contribution in [0.1, 0.15) is 11.1 Å². The fourth-order valence-electron chi connectivity index (χ4n) is 4.04. The normalized spacial score (nSPS) is 14.2. The van der Waals surface area contributed by atoms with Gasteiger partial charge in [-0.05, 0) is 41.5 Å². The van der Waals surface area contributed by atoms with Gasteiger partial charge in [-0.25, -0.2) is 13.7 Å². The third-order valence-electron chi connectivity index (χ3n) is 5.76. The molecule has 0 fully saturated rings. The van der Waals surface area contributed by atoms with Crippen LogP contribution >= 0.6 is 0 Å². The van der Waals surface area contributed by atoms with Gasteiger partial charge in [0.1, 0.15) is 0 Å². The van der Waals surface area contributed by atoms with Crippen molar-refractivity contribution in [2.24, 2.45) is 0 Å². The van der Waals surface area contributed by atoms with Crippen LogP contribution < -0.4 is 10.2 Å². The molecule has 2 N–H and O–H groups in total. The van der Waals surface area contributed by atoms with Crippen molar-refractivity contribution in [3.05, 3.63) is 71.9 Å². The summed E-state index contributed by atoms with van der Waals surface area (Å²) in [7, 11) is 3.37. The Morgan fingerprint density at radius 2 is 2.00 bits per heavy atom. The van der Waals surface area contributed by atoms with Crippen LogP contribution in [0.25, 0.3) is 16.8 Å².